The SMILES string of the molecule is O=S(Cc1cc(OCC2CC2)ccn1)c1nc2ccc(F)cc2n1CCl. The van der Waals surface area contributed by atoms with Gasteiger partial charge in [0.2, 0.25) is 5.16 Å². The number of hydrogen-bond donors (Lipinski definition) is 0. The third-order valence-electron chi connectivity index (χ3n) is 4.25. The zero-order valence-electron chi connectivity index (χ0n) is 13.9. The van der Waals surface area contributed by atoms with Gasteiger partial charge in [0.15, 0.2) is 0 Å². The second-order valence-electron chi connectivity index (χ2n) is 6.30. The standard InChI is InChI=1S/C18H17ClFN3O2S/c19-11-23-17-7-13(20)3-4-16(17)22-18(23)26(24)10-14-8-15(5-6-21-14)25-9-12-1-2-12/h3-8,12H,1-2,9-11H2. The number of ether oxygens (including phenoxy) is 1. The third-order valence-corrected chi connectivity index (χ3v) is 5.76. The number of halogens is 2. The Bertz CT molecular complexity index is 974. The molecule has 0 spiro atoms. The summed E-state index contributed by atoms with van der Waals surface area (Å²) < 4.78 is 33.6. The Balaban J connectivity index is 1.56. The topological polar surface area (TPSA) is 57.0 Å². The highest BCUT2D eigenvalue weighted by molar-refractivity contribution is 7.84. The lowest BCUT2D eigenvalue weighted by atomic mass is 10.3. The summed E-state index contributed by atoms with van der Waals surface area (Å²) in [5.74, 6) is 1.18. The third kappa shape index (κ3) is 3.73. The summed E-state index contributed by atoms with van der Waals surface area (Å²) in [4.78, 5) is 8.63. The van der Waals surface area contributed by atoms with Gasteiger partial charge in [-0.2, -0.15) is 0 Å². The van der Waals surface area contributed by atoms with E-state index in [2.05, 4.69) is 9.97 Å². The summed E-state index contributed by atoms with van der Waals surface area (Å²) in [6.07, 6.45) is 4.09. The number of nitrogens with zero attached hydrogens (tertiary/aromatic N) is 3. The molecule has 1 aliphatic rings. The van der Waals surface area contributed by atoms with Crippen LogP contribution in [-0.2, 0) is 22.6 Å². The van der Waals surface area contributed by atoms with Gasteiger partial charge in [-0.1, -0.05) is 0 Å². The van der Waals surface area contributed by atoms with Crippen LogP contribution in [0, 0.1) is 11.7 Å². The monoisotopic (exact) mass is 393 g/mol. The van der Waals surface area contributed by atoms with E-state index in [4.69, 9.17) is 16.3 Å². The zero-order chi connectivity index (χ0) is 18.1. The number of alkyl halides is 1. The van der Waals surface area contributed by atoms with Gasteiger partial charge in [0.05, 0.1) is 45.9 Å². The molecule has 26 heavy (non-hydrogen) atoms. The van der Waals surface area contributed by atoms with E-state index in [1.54, 1.807) is 29.0 Å². The predicted molar refractivity (Wildman–Crippen MR) is 98.1 cm³/mol. The first-order chi connectivity index (χ1) is 12.6. The van der Waals surface area contributed by atoms with Gasteiger partial charge in [-0.25, -0.2) is 9.37 Å². The molecule has 4 rings (SSSR count). The van der Waals surface area contributed by atoms with E-state index in [0.29, 0.717) is 34.4 Å². The largest absolute Gasteiger partial charge is 0.493 e. The van der Waals surface area contributed by atoms with Crippen molar-refractivity contribution in [3.05, 3.63) is 48.0 Å². The van der Waals surface area contributed by atoms with Crippen molar-refractivity contribution in [2.45, 2.75) is 29.8 Å². The van der Waals surface area contributed by atoms with E-state index in [0.717, 1.165) is 5.75 Å². The summed E-state index contributed by atoms with van der Waals surface area (Å²) in [7, 11) is -1.47. The van der Waals surface area contributed by atoms with E-state index in [-0.39, 0.29) is 17.6 Å². The van der Waals surface area contributed by atoms with Crippen LogP contribution in [0.1, 0.15) is 18.5 Å². The van der Waals surface area contributed by atoms with Crippen molar-refractivity contribution in [1.82, 2.24) is 14.5 Å². The maximum atomic E-state index is 13.5. The minimum absolute atomic E-state index is 0.0407. The van der Waals surface area contributed by atoms with E-state index in [1.807, 2.05) is 0 Å². The molecule has 0 amide bonds. The molecule has 8 heteroatoms. The second kappa shape index (κ2) is 7.32. The highest BCUT2D eigenvalue weighted by atomic mass is 35.5. The average molecular weight is 394 g/mol. The first-order valence-electron chi connectivity index (χ1n) is 8.32. The van der Waals surface area contributed by atoms with Gasteiger partial charge in [-0.05, 0) is 43.0 Å². The van der Waals surface area contributed by atoms with Crippen LogP contribution >= 0.6 is 11.6 Å². The summed E-state index contributed by atoms with van der Waals surface area (Å²) in [6.45, 7) is 0.708. The molecule has 1 unspecified atom stereocenters. The average Bonchev–Trinajstić information content (AvgIpc) is 3.39. The minimum atomic E-state index is -1.47. The van der Waals surface area contributed by atoms with E-state index < -0.39 is 10.8 Å². The molecule has 2 heterocycles. The Hall–Kier alpha value is -1.99. The Kier molecular flexibility index (Phi) is 4.91. The van der Waals surface area contributed by atoms with Crippen molar-refractivity contribution in [3.8, 4) is 5.75 Å². The first-order valence-corrected chi connectivity index (χ1v) is 10.2. The molecule has 5 nitrogen and oxygen atoms in total. The number of pyridine rings is 1. The van der Waals surface area contributed by atoms with Gasteiger partial charge in [-0.15, -0.1) is 11.6 Å². The molecule has 3 aromatic rings. The predicted octanol–water partition coefficient (Wildman–Crippen LogP) is 3.86. The van der Waals surface area contributed by atoms with Crippen LogP contribution < -0.4 is 4.74 Å². The number of hydrogen-bond acceptors (Lipinski definition) is 4. The fraction of sp³-hybridized carbons (Fsp3) is 0.333. The Morgan fingerprint density at radius 1 is 1.31 bits per heavy atom. The normalized spacial score (nSPS) is 15.3. The molecule has 1 atom stereocenters. The van der Waals surface area contributed by atoms with E-state index >= 15 is 0 Å². The molecule has 0 aliphatic heterocycles. The molecule has 1 fully saturated rings. The van der Waals surface area contributed by atoms with Crippen molar-refractivity contribution >= 4 is 33.4 Å². The maximum absolute atomic E-state index is 13.5. The highest BCUT2D eigenvalue weighted by Crippen LogP contribution is 2.29. The van der Waals surface area contributed by atoms with Gasteiger partial charge in [-0.3, -0.25) is 9.19 Å². The maximum Gasteiger partial charge on any atom is 0.201 e. The van der Waals surface area contributed by atoms with Gasteiger partial charge < -0.3 is 9.30 Å². The van der Waals surface area contributed by atoms with Crippen molar-refractivity contribution in [1.29, 1.82) is 0 Å². The fourth-order valence-electron chi connectivity index (χ4n) is 2.69. The van der Waals surface area contributed by atoms with E-state index in [1.165, 1.54) is 25.0 Å². The summed E-state index contributed by atoms with van der Waals surface area (Å²) >= 11 is 5.98. The Labute approximate surface area is 157 Å². The van der Waals surface area contributed by atoms with E-state index in [9.17, 15) is 8.60 Å². The molecule has 1 saturated carbocycles. The Morgan fingerprint density at radius 2 is 2.15 bits per heavy atom. The van der Waals surface area contributed by atoms with Crippen LogP contribution in [0.15, 0.2) is 41.7 Å². The summed E-state index contributed by atoms with van der Waals surface area (Å²) in [5.41, 5.74) is 1.73. The summed E-state index contributed by atoms with van der Waals surface area (Å²) in [5, 5.41) is 0.312. The molecule has 0 radical (unpaired) electrons. The molecule has 2 aromatic heterocycles. The molecule has 136 valence electrons. The molecule has 1 aliphatic carbocycles. The zero-order valence-corrected chi connectivity index (χ0v) is 15.5. The Morgan fingerprint density at radius 3 is 2.92 bits per heavy atom. The van der Waals surface area contributed by atoms with Crippen LogP contribution in [-0.4, -0.2) is 25.4 Å². The molecular weight excluding hydrogens is 377 g/mol. The first kappa shape index (κ1) is 17.4. The fourth-order valence-corrected chi connectivity index (χ4v) is 4.16. The van der Waals surface area contributed by atoms with Gasteiger partial charge in [0, 0.05) is 12.3 Å². The van der Waals surface area contributed by atoms with Crippen molar-refractivity contribution in [2.24, 2.45) is 5.92 Å². The lowest BCUT2D eigenvalue weighted by Gasteiger charge is -2.07. The number of aromatic nitrogens is 3. The lowest BCUT2D eigenvalue weighted by Crippen LogP contribution is -2.07. The molecule has 0 saturated heterocycles. The van der Waals surface area contributed by atoms with Gasteiger partial charge in [0.25, 0.3) is 0 Å². The number of rotatable bonds is 7. The van der Waals surface area contributed by atoms with Crippen molar-refractivity contribution < 1.29 is 13.3 Å². The van der Waals surface area contributed by atoms with Crippen LogP contribution in [0.3, 0.4) is 0 Å². The molecular formula is C18H17ClFN3O2S. The number of imidazole rings is 1. The van der Waals surface area contributed by atoms with Gasteiger partial charge >= 0.3 is 0 Å². The number of fused-ring (bicyclic) bond motifs is 1. The molecule has 0 N–H and O–H groups in total. The highest BCUT2D eigenvalue weighted by Gasteiger charge is 2.22. The van der Waals surface area contributed by atoms with Crippen LogP contribution in [0.2, 0.25) is 0 Å². The van der Waals surface area contributed by atoms with Crippen molar-refractivity contribution in [3.63, 3.8) is 0 Å². The quantitative estimate of drug-likeness (QED) is 0.572. The number of benzene rings is 1. The lowest BCUT2D eigenvalue weighted by molar-refractivity contribution is 0.299. The summed E-state index contributed by atoms with van der Waals surface area (Å²) in [6, 6.07) is 7.86. The van der Waals surface area contributed by atoms with Crippen LogP contribution in [0.4, 0.5) is 4.39 Å². The second-order valence-corrected chi connectivity index (χ2v) is 7.89. The minimum Gasteiger partial charge on any atom is -0.493 e. The van der Waals surface area contributed by atoms with Crippen LogP contribution in [0.5, 0.6) is 5.75 Å². The smallest absolute Gasteiger partial charge is 0.201 e. The van der Waals surface area contributed by atoms with Crippen molar-refractivity contribution in [2.75, 3.05) is 6.61 Å². The molecule has 0 bridgehead atoms. The molecule has 1 aromatic carbocycles. The van der Waals surface area contributed by atoms with Crippen LogP contribution in [0.25, 0.3) is 11.0 Å². The van der Waals surface area contributed by atoms with Gasteiger partial charge in [0.1, 0.15) is 11.6 Å².